The summed E-state index contributed by atoms with van der Waals surface area (Å²) in [5.41, 5.74) is 1.16. The van der Waals surface area contributed by atoms with Crippen LogP contribution in [0.1, 0.15) is 24.5 Å². The number of piperidine rings is 1. The topological polar surface area (TPSA) is 37.8 Å². The van der Waals surface area contributed by atoms with Crippen molar-refractivity contribution in [3.8, 4) is 0 Å². The molecule has 1 aromatic heterocycles. The molecule has 0 bridgehead atoms. The van der Waals surface area contributed by atoms with Crippen LogP contribution in [0.15, 0.2) is 17.0 Å². The second kappa shape index (κ2) is 7.39. The van der Waals surface area contributed by atoms with E-state index in [1.165, 1.54) is 12.8 Å². The van der Waals surface area contributed by atoms with Gasteiger partial charge < -0.3 is 5.32 Å². The number of aromatic nitrogens is 2. The molecule has 1 aromatic rings. The number of nitrogens with zero attached hydrogens (tertiary/aromatic N) is 2. The van der Waals surface area contributed by atoms with Gasteiger partial charge in [-0.1, -0.05) is 0 Å². The second-order valence-electron chi connectivity index (χ2n) is 3.28. The molecule has 0 aromatic carbocycles. The van der Waals surface area contributed by atoms with Crippen molar-refractivity contribution in [2.24, 2.45) is 0 Å². The van der Waals surface area contributed by atoms with Crippen LogP contribution < -0.4 is 5.32 Å². The summed E-state index contributed by atoms with van der Waals surface area (Å²) < 4.78 is 1.04. The predicted octanol–water partition coefficient (Wildman–Crippen LogP) is 2.55. The first-order valence-corrected chi connectivity index (χ1v) is 5.33. The molecule has 1 aliphatic heterocycles. The van der Waals surface area contributed by atoms with Gasteiger partial charge in [-0.2, -0.15) is 0 Å². The van der Waals surface area contributed by atoms with Gasteiger partial charge in [0.25, 0.3) is 0 Å². The second-order valence-corrected chi connectivity index (χ2v) is 4.13. The SMILES string of the molecule is Brc1cncnc1C1CCNCC1.Cl.Cl. The van der Waals surface area contributed by atoms with E-state index < -0.39 is 0 Å². The highest BCUT2D eigenvalue weighted by Crippen LogP contribution is 2.28. The van der Waals surface area contributed by atoms with Gasteiger partial charge in [-0.15, -0.1) is 24.8 Å². The minimum atomic E-state index is 0. The molecule has 1 saturated heterocycles. The average molecular weight is 315 g/mol. The average Bonchev–Trinajstić information content (AvgIpc) is 2.20. The first kappa shape index (κ1) is 15.1. The van der Waals surface area contributed by atoms with Crippen molar-refractivity contribution in [1.29, 1.82) is 0 Å². The highest BCUT2D eigenvalue weighted by atomic mass is 79.9. The van der Waals surface area contributed by atoms with Gasteiger partial charge >= 0.3 is 0 Å². The normalized spacial score (nSPS) is 16.3. The van der Waals surface area contributed by atoms with Crippen molar-refractivity contribution >= 4 is 40.7 Å². The summed E-state index contributed by atoms with van der Waals surface area (Å²) in [7, 11) is 0. The molecule has 2 heterocycles. The van der Waals surface area contributed by atoms with Crippen LogP contribution in [-0.2, 0) is 0 Å². The van der Waals surface area contributed by atoms with Gasteiger partial charge in [0.15, 0.2) is 0 Å². The van der Waals surface area contributed by atoms with Crippen LogP contribution in [0.3, 0.4) is 0 Å². The Labute approximate surface area is 110 Å². The molecule has 0 spiro atoms. The van der Waals surface area contributed by atoms with E-state index in [0.29, 0.717) is 5.92 Å². The van der Waals surface area contributed by atoms with Crippen LogP contribution >= 0.6 is 40.7 Å². The molecule has 2 rings (SSSR count). The summed E-state index contributed by atoms with van der Waals surface area (Å²) in [6.07, 6.45) is 5.80. The first-order chi connectivity index (χ1) is 6.38. The zero-order chi connectivity index (χ0) is 9.10. The van der Waals surface area contributed by atoms with Gasteiger partial charge in [0.05, 0.1) is 10.2 Å². The molecule has 1 aliphatic rings. The standard InChI is InChI=1S/C9H12BrN3.2ClH/c10-8-5-12-6-13-9(8)7-1-3-11-4-2-7;;/h5-7,11H,1-4H2;2*1H. The van der Waals surface area contributed by atoms with Crippen LogP contribution in [0.25, 0.3) is 0 Å². The van der Waals surface area contributed by atoms with Crippen molar-refractivity contribution < 1.29 is 0 Å². The molecule has 0 atom stereocenters. The quantitative estimate of drug-likeness (QED) is 0.865. The van der Waals surface area contributed by atoms with E-state index in [9.17, 15) is 0 Å². The summed E-state index contributed by atoms with van der Waals surface area (Å²) in [6, 6.07) is 0. The lowest BCUT2D eigenvalue weighted by Crippen LogP contribution is -2.27. The Bertz CT molecular complexity index is 292. The van der Waals surface area contributed by atoms with E-state index in [2.05, 4.69) is 31.2 Å². The lowest BCUT2D eigenvalue weighted by molar-refractivity contribution is 0.451. The Morgan fingerprint density at radius 3 is 2.53 bits per heavy atom. The Hall–Kier alpha value is 0.1000. The molecule has 15 heavy (non-hydrogen) atoms. The van der Waals surface area contributed by atoms with Gasteiger partial charge in [-0.25, -0.2) is 9.97 Å². The van der Waals surface area contributed by atoms with Gasteiger partial charge in [-0.3, -0.25) is 0 Å². The Morgan fingerprint density at radius 2 is 1.93 bits per heavy atom. The lowest BCUT2D eigenvalue weighted by Gasteiger charge is -2.22. The van der Waals surface area contributed by atoms with Gasteiger partial charge in [0, 0.05) is 12.1 Å². The molecule has 1 fully saturated rings. The van der Waals surface area contributed by atoms with E-state index in [1.54, 1.807) is 6.33 Å². The van der Waals surface area contributed by atoms with Crippen LogP contribution in [0.5, 0.6) is 0 Å². The third-order valence-electron chi connectivity index (χ3n) is 2.42. The largest absolute Gasteiger partial charge is 0.317 e. The molecular weight excluding hydrogens is 301 g/mol. The maximum absolute atomic E-state index is 4.32. The van der Waals surface area contributed by atoms with Crippen molar-refractivity contribution in [1.82, 2.24) is 15.3 Å². The minimum absolute atomic E-state index is 0. The highest BCUT2D eigenvalue weighted by Gasteiger charge is 2.18. The number of nitrogens with one attached hydrogen (secondary N) is 1. The molecule has 0 unspecified atom stereocenters. The van der Waals surface area contributed by atoms with Gasteiger partial charge in [0.2, 0.25) is 0 Å². The van der Waals surface area contributed by atoms with E-state index in [1.807, 2.05) is 6.20 Å². The van der Waals surface area contributed by atoms with Crippen LogP contribution in [0.4, 0.5) is 0 Å². The van der Waals surface area contributed by atoms with E-state index >= 15 is 0 Å². The van der Waals surface area contributed by atoms with Gasteiger partial charge in [0.1, 0.15) is 6.33 Å². The third-order valence-corrected chi connectivity index (χ3v) is 3.03. The lowest BCUT2D eigenvalue weighted by atomic mass is 9.94. The summed E-state index contributed by atoms with van der Waals surface area (Å²) >= 11 is 3.49. The molecule has 6 heteroatoms. The van der Waals surface area contributed by atoms with Crippen molar-refractivity contribution in [2.45, 2.75) is 18.8 Å². The third kappa shape index (κ3) is 3.87. The first-order valence-electron chi connectivity index (χ1n) is 4.54. The molecule has 3 nitrogen and oxygen atoms in total. The molecule has 86 valence electrons. The van der Waals surface area contributed by atoms with Gasteiger partial charge in [-0.05, 0) is 41.9 Å². The summed E-state index contributed by atoms with van der Waals surface area (Å²) in [5.74, 6) is 0.596. The Morgan fingerprint density at radius 1 is 1.27 bits per heavy atom. The Balaban J connectivity index is 0.000000980. The van der Waals surface area contributed by atoms with E-state index in [-0.39, 0.29) is 24.8 Å². The van der Waals surface area contributed by atoms with E-state index in [4.69, 9.17) is 0 Å². The Kier molecular flexibility index (Phi) is 7.44. The zero-order valence-electron chi connectivity index (χ0n) is 8.15. The van der Waals surface area contributed by atoms with E-state index in [0.717, 1.165) is 23.3 Å². The number of hydrogen-bond donors (Lipinski definition) is 1. The smallest absolute Gasteiger partial charge is 0.115 e. The summed E-state index contributed by atoms with van der Waals surface area (Å²) in [4.78, 5) is 8.28. The van der Waals surface area contributed by atoms with Crippen LogP contribution in [-0.4, -0.2) is 23.1 Å². The number of rotatable bonds is 1. The minimum Gasteiger partial charge on any atom is -0.317 e. The number of hydrogen-bond acceptors (Lipinski definition) is 3. The molecule has 0 saturated carbocycles. The van der Waals surface area contributed by atoms with Crippen molar-refractivity contribution in [3.05, 3.63) is 22.7 Å². The highest BCUT2D eigenvalue weighted by molar-refractivity contribution is 9.10. The maximum atomic E-state index is 4.32. The maximum Gasteiger partial charge on any atom is 0.115 e. The summed E-state index contributed by atoms with van der Waals surface area (Å²) in [5, 5.41) is 3.35. The van der Waals surface area contributed by atoms with Crippen LogP contribution in [0.2, 0.25) is 0 Å². The van der Waals surface area contributed by atoms with Crippen molar-refractivity contribution in [3.63, 3.8) is 0 Å². The number of halogens is 3. The molecule has 0 amide bonds. The zero-order valence-corrected chi connectivity index (χ0v) is 11.4. The molecular formula is C9H14BrCl2N3. The fraction of sp³-hybridized carbons (Fsp3) is 0.556. The monoisotopic (exact) mass is 313 g/mol. The van der Waals surface area contributed by atoms with Crippen molar-refractivity contribution in [2.75, 3.05) is 13.1 Å². The fourth-order valence-electron chi connectivity index (χ4n) is 1.72. The fourth-order valence-corrected chi connectivity index (χ4v) is 2.26. The predicted molar refractivity (Wildman–Crippen MR) is 69.1 cm³/mol. The molecule has 0 radical (unpaired) electrons. The molecule has 1 N–H and O–H groups in total. The van der Waals surface area contributed by atoms with Crippen LogP contribution in [0, 0.1) is 0 Å². The molecule has 0 aliphatic carbocycles. The summed E-state index contributed by atoms with van der Waals surface area (Å²) in [6.45, 7) is 2.20.